The van der Waals surface area contributed by atoms with Crippen molar-refractivity contribution < 1.29 is 39.0 Å². The topological polar surface area (TPSA) is 248 Å². The summed E-state index contributed by atoms with van der Waals surface area (Å²) in [5, 5.41) is 39.9. The Kier molecular flexibility index (Phi) is 6.33. The van der Waals surface area contributed by atoms with Gasteiger partial charge in [-0.3, -0.25) is 9.13 Å². The van der Waals surface area contributed by atoms with Crippen molar-refractivity contribution in [3.63, 3.8) is 0 Å². The number of aliphatic hydroxyl groups is 4. The summed E-state index contributed by atoms with van der Waals surface area (Å²) in [7, 11) is 0. The number of nitrogen functional groups attached to an aromatic ring is 2. The van der Waals surface area contributed by atoms with Crippen molar-refractivity contribution in [2.75, 3.05) is 24.7 Å². The molecule has 0 amide bonds. The molecule has 4 aromatic rings. The first-order valence-electron chi connectivity index (χ1n) is 12.0. The lowest BCUT2D eigenvalue weighted by molar-refractivity contribution is -0.305. The van der Waals surface area contributed by atoms with E-state index in [9.17, 15) is 24.8 Å². The highest BCUT2D eigenvalue weighted by Gasteiger charge is 2.69. The molecule has 4 aromatic heterocycles. The van der Waals surface area contributed by atoms with Crippen molar-refractivity contribution in [2.24, 2.45) is 0 Å². The molecule has 7 atom stereocenters. The van der Waals surface area contributed by atoms with Crippen molar-refractivity contribution in [2.45, 2.75) is 49.1 Å². The third-order valence-electron chi connectivity index (χ3n) is 7.01. The van der Waals surface area contributed by atoms with Gasteiger partial charge in [-0.05, 0) is 0 Å². The van der Waals surface area contributed by atoms with E-state index in [2.05, 4.69) is 36.5 Å². The molecule has 17 nitrogen and oxygen atoms in total. The second-order valence-electron chi connectivity index (χ2n) is 9.27. The summed E-state index contributed by atoms with van der Waals surface area (Å²) in [5.74, 6) is -0.371. The molecule has 0 aromatic carbocycles. The van der Waals surface area contributed by atoms with Crippen molar-refractivity contribution in [3.8, 4) is 0 Å². The van der Waals surface area contributed by atoms with E-state index >= 15 is 0 Å². The highest BCUT2D eigenvalue weighted by Crippen LogP contribution is 2.51. The maximum atomic E-state index is 14.3. The van der Waals surface area contributed by atoms with Gasteiger partial charge in [0, 0.05) is 0 Å². The molecule has 2 fully saturated rings. The minimum atomic E-state index is -1.79. The average Bonchev–Trinajstić information content (AvgIpc) is 3.60. The number of halogens is 1. The average molecular weight is 561 g/mol. The molecular formula is C22H25FN10O7. The lowest BCUT2D eigenvalue weighted by Gasteiger charge is -2.50. The molecule has 2 saturated heterocycles. The summed E-state index contributed by atoms with van der Waals surface area (Å²) in [4.78, 5) is 24.8. The van der Waals surface area contributed by atoms with Gasteiger partial charge in [0.25, 0.3) is 0 Å². The molecule has 7 unspecified atom stereocenters. The molecule has 8 N–H and O–H groups in total. The smallest absolute Gasteiger partial charge is 0.312 e. The largest absolute Gasteiger partial charge is 0.394 e. The Balaban J connectivity index is 1.49. The number of hydrogen-bond donors (Lipinski definition) is 6. The first-order chi connectivity index (χ1) is 19.2. The van der Waals surface area contributed by atoms with Gasteiger partial charge in [-0.25, -0.2) is 19.9 Å². The van der Waals surface area contributed by atoms with E-state index in [0.717, 1.165) is 0 Å². The van der Waals surface area contributed by atoms with E-state index in [1.165, 1.54) is 27.9 Å². The molecule has 0 bridgehead atoms. The molecule has 212 valence electrons. The van der Waals surface area contributed by atoms with Crippen LogP contribution >= 0.6 is 0 Å². The van der Waals surface area contributed by atoms with Crippen molar-refractivity contribution in [3.05, 3.63) is 37.2 Å². The van der Waals surface area contributed by atoms with Gasteiger partial charge in [0.05, 0.1) is 19.5 Å². The Labute approximate surface area is 223 Å². The van der Waals surface area contributed by atoms with Crippen LogP contribution in [-0.4, -0.2) is 109 Å². The van der Waals surface area contributed by atoms with Crippen LogP contribution in [0.1, 0.15) is 5.82 Å². The summed E-state index contributed by atoms with van der Waals surface area (Å²) >= 11 is 0. The number of aliphatic hydroxyl groups excluding tert-OH is 4. The number of anilines is 2. The first kappa shape index (κ1) is 26.3. The molecule has 6 rings (SSSR count). The number of aromatic nitrogens is 8. The molecule has 2 aliphatic rings. The molecule has 40 heavy (non-hydrogen) atoms. The minimum absolute atomic E-state index is 0.0583. The zero-order valence-electron chi connectivity index (χ0n) is 20.6. The highest BCUT2D eigenvalue weighted by atomic mass is 19.1. The lowest BCUT2D eigenvalue weighted by atomic mass is 9.90. The van der Waals surface area contributed by atoms with E-state index in [1.54, 1.807) is 0 Å². The number of fused-ring (bicyclic) bond motifs is 3. The van der Waals surface area contributed by atoms with Crippen LogP contribution in [0, 0.1) is 6.08 Å². The molecule has 0 spiro atoms. The van der Waals surface area contributed by atoms with Crippen molar-refractivity contribution in [1.29, 1.82) is 0 Å². The summed E-state index contributed by atoms with van der Waals surface area (Å²) in [6.07, 6.45) is -3.46. The van der Waals surface area contributed by atoms with Crippen LogP contribution in [0.4, 0.5) is 16.0 Å². The summed E-state index contributed by atoms with van der Waals surface area (Å²) in [6.45, 7) is 2.30. The lowest BCUT2D eigenvalue weighted by Crippen LogP contribution is -2.66. The van der Waals surface area contributed by atoms with Gasteiger partial charge in [0.1, 0.15) is 55.2 Å². The second kappa shape index (κ2) is 9.63. The highest BCUT2D eigenvalue weighted by molar-refractivity contribution is 5.83. The third kappa shape index (κ3) is 3.73. The fourth-order valence-electron chi connectivity index (χ4n) is 4.96. The first-order valence-corrected chi connectivity index (χ1v) is 12.0. The van der Waals surface area contributed by atoms with Crippen molar-refractivity contribution >= 4 is 34.0 Å². The number of rotatable bonds is 9. The van der Waals surface area contributed by atoms with Crippen LogP contribution in [0.15, 0.2) is 25.3 Å². The zero-order chi connectivity index (χ0) is 28.3. The number of hydrogen-bond acceptors (Lipinski definition) is 15. The number of ether oxygens (including phenoxy) is 3. The summed E-state index contributed by atoms with van der Waals surface area (Å²) in [6, 6.07) is 0. The van der Waals surface area contributed by atoms with Gasteiger partial charge in [-0.1, -0.05) is 6.08 Å². The number of nitrogens with zero attached hydrogens (tertiary/aromatic N) is 8. The molecule has 0 saturated carbocycles. The van der Waals surface area contributed by atoms with Gasteiger partial charge < -0.3 is 46.1 Å². The van der Waals surface area contributed by atoms with E-state index in [1.807, 2.05) is 0 Å². The SMILES string of the molecule is C=CC(O)C(CO)OCn1cnc2c(N)nc(C3(n4cnc5c(N)nc(F)nc54)OC4C(O)C(CO)OC43)nc21. The maximum Gasteiger partial charge on any atom is 0.312 e. The van der Waals surface area contributed by atoms with Crippen molar-refractivity contribution in [1.82, 2.24) is 39.0 Å². The van der Waals surface area contributed by atoms with Crippen LogP contribution in [0.5, 0.6) is 0 Å². The van der Waals surface area contributed by atoms with Crippen LogP contribution < -0.4 is 11.5 Å². The Morgan fingerprint density at radius 1 is 1.12 bits per heavy atom. The van der Waals surface area contributed by atoms with Gasteiger partial charge in [0.2, 0.25) is 5.72 Å². The quantitative estimate of drug-likeness (QED) is 0.0905. The van der Waals surface area contributed by atoms with Gasteiger partial charge in [-0.15, -0.1) is 6.58 Å². The number of nitrogens with two attached hydrogens (primary N) is 2. The fourth-order valence-corrected chi connectivity index (χ4v) is 4.96. The summed E-state index contributed by atoms with van der Waals surface area (Å²) < 4.78 is 34.8. The maximum absolute atomic E-state index is 14.3. The fraction of sp³-hybridized carbons (Fsp3) is 0.455. The van der Waals surface area contributed by atoms with E-state index in [-0.39, 0.29) is 46.5 Å². The molecular weight excluding hydrogens is 535 g/mol. The van der Waals surface area contributed by atoms with E-state index < -0.39 is 61.6 Å². The normalized spacial score (nSPS) is 27.5. The minimum Gasteiger partial charge on any atom is -0.394 e. The van der Waals surface area contributed by atoms with Crippen LogP contribution in [0.2, 0.25) is 0 Å². The van der Waals surface area contributed by atoms with E-state index in [0.29, 0.717) is 0 Å². The monoisotopic (exact) mass is 560 g/mol. The van der Waals surface area contributed by atoms with Gasteiger partial charge >= 0.3 is 6.08 Å². The molecule has 2 aliphatic heterocycles. The second-order valence-corrected chi connectivity index (χ2v) is 9.27. The Morgan fingerprint density at radius 3 is 2.58 bits per heavy atom. The molecule has 6 heterocycles. The molecule has 18 heteroatoms. The summed E-state index contributed by atoms with van der Waals surface area (Å²) in [5.41, 5.74) is 10.7. The van der Waals surface area contributed by atoms with E-state index in [4.69, 9.17) is 25.7 Å². The Morgan fingerprint density at radius 2 is 1.85 bits per heavy atom. The zero-order valence-corrected chi connectivity index (χ0v) is 20.6. The van der Waals surface area contributed by atoms with Gasteiger partial charge in [0.15, 0.2) is 34.3 Å². The van der Waals surface area contributed by atoms with Crippen LogP contribution in [0.3, 0.4) is 0 Å². The molecule has 0 radical (unpaired) electrons. The Bertz CT molecular complexity index is 1600. The molecule has 0 aliphatic carbocycles. The third-order valence-corrected chi connectivity index (χ3v) is 7.01. The predicted molar refractivity (Wildman–Crippen MR) is 131 cm³/mol. The predicted octanol–water partition coefficient (Wildman–Crippen LogP) is -2.63. The van der Waals surface area contributed by atoms with Gasteiger partial charge in [-0.2, -0.15) is 14.4 Å². The standard InChI is InChI=1S/C22H25FN10O7/c1-2-8(36)9(3-34)38-7-32-5-26-11-16(24)28-20(30-18(11)32)22(15-14(40-22)13(37)10(4-35)39-15)33-6-27-12-17(25)29-21(23)31-19(12)33/h2,5-6,8-10,13-15,34-37H,1,3-4,7H2,(H2,24,28,30)(H2,25,29,31). The van der Waals surface area contributed by atoms with Crippen LogP contribution in [0.25, 0.3) is 22.3 Å². The number of imidazole rings is 2. The Hall–Kier alpha value is -3.91. The van der Waals surface area contributed by atoms with Crippen LogP contribution in [-0.2, 0) is 26.7 Å².